The van der Waals surface area contributed by atoms with Crippen molar-refractivity contribution in [3.63, 3.8) is 0 Å². The summed E-state index contributed by atoms with van der Waals surface area (Å²) in [6, 6.07) is 12.9. The van der Waals surface area contributed by atoms with Crippen LogP contribution in [0.5, 0.6) is 5.75 Å². The van der Waals surface area contributed by atoms with Gasteiger partial charge in [-0.2, -0.15) is 0 Å². The van der Waals surface area contributed by atoms with Crippen molar-refractivity contribution in [2.75, 3.05) is 44.2 Å². The first-order valence-electron chi connectivity index (χ1n) is 9.48. The van der Waals surface area contributed by atoms with E-state index < -0.39 is 5.97 Å². The van der Waals surface area contributed by atoms with Crippen molar-refractivity contribution < 1.29 is 19.4 Å². The lowest BCUT2D eigenvalue weighted by atomic mass is 10.1. The summed E-state index contributed by atoms with van der Waals surface area (Å²) in [7, 11) is 0. The molecule has 0 bridgehead atoms. The van der Waals surface area contributed by atoms with E-state index >= 15 is 0 Å². The molecule has 0 spiro atoms. The van der Waals surface area contributed by atoms with E-state index in [1.165, 1.54) is 0 Å². The molecule has 1 aromatic carbocycles. The number of anilines is 1. The number of carbonyl (C=O) groups is 2. The SMILES string of the molecule is Cl.Cl.O=C(O)CCC(=O)c1ccc(OCCN2CCN(c3ccccn3)CC2)cc1. The lowest BCUT2D eigenvalue weighted by Crippen LogP contribution is -2.47. The Morgan fingerprint density at radius 2 is 1.67 bits per heavy atom. The minimum Gasteiger partial charge on any atom is -0.492 e. The fraction of sp³-hybridized carbons (Fsp3) is 0.381. The summed E-state index contributed by atoms with van der Waals surface area (Å²) in [6.45, 7) is 5.26. The molecule has 1 saturated heterocycles. The van der Waals surface area contributed by atoms with Crippen molar-refractivity contribution in [1.82, 2.24) is 9.88 Å². The van der Waals surface area contributed by atoms with Crippen LogP contribution in [0.4, 0.5) is 5.82 Å². The van der Waals surface area contributed by atoms with E-state index in [9.17, 15) is 9.59 Å². The van der Waals surface area contributed by atoms with Gasteiger partial charge >= 0.3 is 5.97 Å². The third-order valence-corrected chi connectivity index (χ3v) is 4.76. The molecule has 164 valence electrons. The van der Waals surface area contributed by atoms with Crippen molar-refractivity contribution >= 4 is 42.4 Å². The van der Waals surface area contributed by atoms with Gasteiger partial charge in [0.2, 0.25) is 0 Å². The Kier molecular flexibility index (Phi) is 11.2. The predicted molar refractivity (Wildman–Crippen MR) is 121 cm³/mol. The second-order valence-corrected chi connectivity index (χ2v) is 6.71. The van der Waals surface area contributed by atoms with Gasteiger partial charge in [0.15, 0.2) is 5.78 Å². The van der Waals surface area contributed by atoms with Gasteiger partial charge in [-0.05, 0) is 36.4 Å². The monoisotopic (exact) mass is 455 g/mol. The summed E-state index contributed by atoms with van der Waals surface area (Å²) in [6.07, 6.45) is 1.69. The number of Topliss-reactive ketones (excluding diaryl/α,β-unsaturated/α-hetero) is 1. The second kappa shape index (κ2) is 13.1. The van der Waals surface area contributed by atoms with Gasteiger partial charge < -0.3 is 14.7 Å². The van der Waals surface area contributed by atoms with E-state index in [0.29, 0.717) is 17.9 Å². The Hall–Kier alpha value is -2.35. The number of nitrogens with zero attached hydrogens (tertiary/aromatic N) is 3. The molecular weight excluding hydrogens is 429 g/mol. The van der Waals surface area contributed by atoms with Gasteiger partial charge in [0.25, 0.3) is 0 Å². The Morgan fingerprint density at radius 3 is 2.27 bits per heavy atom. The molecule has 1 N–H and O–H groups in total. The van der Waals surface area contributed by atoms with Crippen LogP contribution in [0.25, 0.3) is 0 Å². The van der Waals surface area contributed by atoms with Gasteiger partial charge in [-0.25, -0.2) is 4.98 Å². The maximum absolute atomic E-state index is 11.9. The number of rotatable bonds is 9. The molecule has 1 fully saturated rings. The molecule has 2 heterocycles. The van der Waals surface area contributed by atoms with Gasteiger partial charge in [-0.15, -0.1) is 24.8 Å². The number of hydrogen-bond acceptors (Lipinski definition) is 6. The molecule has 1 aliphatic rings. The third-order valence-electron chi connectivity index (χ3n) is 4.76. The van der Waals surface area contributed by atoms with Gasteiger partial charge in [0.1, 0.15) is 18.2 Å². The lowest BCUT2D eigenvalue weighted by Gasteiger charge is -2.35. The minimum absolute atomic E-state index is 0. The van der Waals surface area contributed by atoms with E-state index in [1.54, 1.807) is 24.3 Å². The third kappa shape index (κ3) is 7.82. The van der Waals surface area contributed by atoms with Crippen LogP contribution in [0.2, 0.25) is 0 Å². The number of halogens is 2. The van der Waals surface area contributed by atoms with Gasteiger partial charge in [-0.1, -0.05) is 6.07 Å². The van der Waals surface area contributed by atoms with Gasteiger partial charge in [0, 0.05) is 50.9 Å². The number of carbonyl (C=O) groups excluding carboxylic acids is 1. The zero-order chi connectivity index (χ0) is 19.8. The molecule has 2 aromatic rings. The standard InChI is InChI=1S/C21H25N3O4.2ClH/c25-19(8-9-21(26)27)17-4-6-18(7-5-17)28-16-15-23-11-13-24(14-12-23)20-3-1-2-10-22-20;;/h1-7,10H,8-9,11-16H2,(H,26,27);2*1H. The van der Waals surface area contributed by atoms with E-state index in [-0.39, 0.29) is 43.4 Å². The topological polar surface area (TPSA) is 83.0 Å². The zero-order valence-corrected chi connectivity index (χ0v) is 18.2. The van der Waals surface area contributed by atoms with Crippen LogP contribution in [0, 0.1) is 0 Å². The van der Waals surface area contributed by atoms with Crippen LogP contribution < -0.4 is 9.64 Å². The molecule has 0 unspecified atom stereocenters. The molecular formula is C21H27Cl2N3O4. The number of aromatic nitrogens is 1. The largest absolute Gasteiger partial charge is 0.492 e. The van der Waals surface area contributed by atoms with E-state index in [0.717, 1.165) is 38.5 Å². The summed E-state index contributed by atoms with van der Waals surface area (Å²) in [4.78, 5) is 31.5. The fourth-order valence-corrected chi connectivity index (χ4v) is 3.14. The lowest BCUT2D eigenvalue weighted by molar-refractivity contribution is -0.136. The molecule has 9 heteroatoms. The van der Waals surface area contributed by atoms with Crippen LogP contribution in [-0.2, 0) is 4.79 Å². The molecule has 0 saturated carbocycles. The first-order chi connectivity index (χ1) is 13.6. The number of aliphatic carboxylic acids is 1. The van der Waals surface area contributed by atoms with Gasteiger partial charge in [-0.3, -0.25) is 14.5 Å². The molecule has 3 rings (SSSR count). The molecule has 7 nitrogen and oxygen atoms in total. The molecule has 0 aliphatic carbocycles. The highest BCUT2D eigenvalue weighted by Crippen LogP contribution is 2.15. The zero-order valence-electron chi connectivity index (χ0n) is 16.6. The average molecular weight is 456 g/mol. The number of carboxylic acids is 1. The summed E-state index contributed by atoms with van der Waals surface area (Å²) >= 11 is 0. The van der Waals surface area contributed by atoms with Crippen molar-refractivity contribution in [1.29, 1.82) is 0 Å². The smallest absolute Gasteiger partial charge is 0.303 e. The normalized spacial score (nSPS) is 13.7. The molecule has 30 heavy (non-hydrogen) atoms. The van der Waals surface area contributed by atoms with E-state index in [4.69, 9.17) is 9.84 Å². The number of hydrogen-bond donors (Lipinski definition) is 1. The summed E-state index contributed by atoms with van der Waals surface area (Å²) < 4.78 is 5.78. The number of ketones is 1. The summed E-state index contributed by atoms with van der Waals surface area (Å²) in [5.74, 6) is 0.604. The van der Waals surface area contributed by atoms with E-state index in [1.807, 2.05) is 24.4 Å². The summed E-state index contributed by atoms with van der Waals surface area (Å²) in [5.41, 5.74) is 0.513. The van der Waals surface area contributed by atoms with Crippen LogP contribution >= 0.6 is 24.8 Å². The Balaban J connectivity index is 0.00000225. The molecule has 1 aromatic heterocycles. The van der Waals surface area contributed by atoms with Crippen LogP contribution in [-0.4, -0.2) is 66.1 Å². The van der Waals surface area contributed by atoms with Crippen molar-refractivity contribution in [3.8, 4) is 5.75 Å². The minimum atomic E-state index is -0.964. The average Bonchev–Trinajstić information content (AvgIpc) is 2.73. The van der Waals surface area contributed by atoms with Crippen molar-refractivity contribution in [3.05, 3.63) is 54.2 Å². The maximum Gasteiger partial charge on any atom is 0.303 e. The van der Waals surface area contributed by atoms with E-state index in [2.05, 4.69) is 14.8 Å². The Labute approximate surface area is 188 Å². The highest BCUT2D eigenvalue weighted by atomic mass is 35.5. The van der Waals surface area contributed by atoms with Crippen molar-refractivity contribution in [2.24, 2.45) is 0 Å². The Morgan fingerprint density at radius 1 is 0.967 bits per heavy atom. The summed E-state index contributed by atoms with van der Waals surface area (Å²) in [5, 5.41) is 8.65. The first kappa shape index (κ1) is 25.7. The van der Waals surface area contributed by atoms with Gasteiger partial charge in [0.05, 0.1) is 6.42 Å². The highest BCUT2D eigenvalue weighted by Gasteiger charge is 2.17. The number of carboxylic acid groups (broad SMARTS) is 1. The fourth-order valence-electron chi connectivity index (χ4n) is 3.14. The maximum atomic E-state index is 11.9. The number of ether oxygens (including phenoxy) is 1. The second-order valence-electron chi connectivity index (χ2n) is 6.71. The molecule has 0 amide bonds. The predicted octanol–water partition coefficient (Wildman–Crippen LogP) is 3.17. The molecule has 0 radical (unpaired) electrons. The number of benzene rings is 1. The van der Waals surface area contributed by atoms with Crippen LogP contribution in [0.15, 0.2) is 48.7 Å². The number of pyridine rings is 1. The van der Waals surface area contributed by atoms with Crippen molar-refractivity contribution in [2.45, 2.75) is 12.8 Å². The highest BCUT2D eigenvalue weighted by molar-refractivity contribution is 5.97. The molecule has 1 aliphatic heterocycles. The quantitative estimate of drug-likeness (QED) is 0.581. The molecule has 0 atom stereocenters. The van der Waals surface area contributed by atoms with Crippen LogP contribution in [0.1, 0.15) is 23.2 Å². The number of piperazine rings is 1. The van der Waals surface area contributed by atoms with Crippen LogP contribution in [0.3, 0.4) is 0 Å². The first-order valence-corrected chi connectivity index (χ1v) is 9.48. The Bertz CT molecular complexity index is 783.